The molecule has 1 N–H and O–H groups in total. The molecule has 0 saturated carbocycles. The highest BCUT2D eigenvalue weighted by molar-refractivity contribution is 6.34. The van der Waals surface area contributed by atoms with Gasteiger partial charge in [0.2, 0.25) is 0 Å². The van der Waals surface area contributed by atoms with Crippen molar-refractivity contribution in [3.8, 4) is 0 Å². The third kappa shape index (κ3) is 2.25. The molecule has 2 aromatic rings. The van der Waals surface area contributed by atoms with Crippen molar-refractivity contribution >= 4 is 29.2 Å². The molecule has 2 heterocycles. The molecule has 6 heteroatoms. The van der Waals surface area contributed by atoms with Gasteiger partial charge in [0.15, 0.2) is 0 Å². The molecule has 0 fully saturated rings. The highest BCUT2D eigenvalue weighted by Gasteiger charge is 2.39. The van der Waals surface area contributed by atoms with Crippen LogP contribution in [-0.2, 0) is 11.2 Å². The fraction of sp³-hybridized carbons (Fsp3) is 0.133. The van der Waals surface area contributed by atoms with Crippen molar-refractivity contribution in [3.05, 3.63) is 58.9 Å². The number of para-hydroxylation sites is 1. The zero-order valence-electron chi connectivity index (χ0n) is 10.9. The predicted octanol–water partition coefficient (Wildman–Crippen LogP) is 2.39. The standard InChI is InChI=1S/C15H11ClN2O3/c16-11-8-17-6-5-10(11)14(19)18-12-4-2-1-3-9(12)7-13(18)15(20)21/h1-6,8,13H,7H2,(H,20,21). The summed E-state index contributed by atoms with van der Waals surface area (Å²) in [5.74, 6) is -1.47. The first-order valence-corrected chi connectivity index (χ1v) is 6.71. The molecule has 0 spiro atoms. The van der Waals surface area contributed by atoms with Gasteiger partial charge in [-0.1, -0.05) is 29.8 Å². The van der Waals surface area contributed by atoms with Crippen LogP contribution >= 0.6 is 11.6 Å². The molecule has 106 valence electrons. The van der Waals surface area contributed by atoms with E-state index in [1.165, 1.54) is 23.4 Å². The average molecular weight is 303 g/mol. The molecule has 0 bridgehead atoms. The molecule has 21 heavy (non-hydrogen) atoms. The van der Waals surface area contributed by atoms with E-state index in [4.69, 9.17) is 11.6 Å². The van der Waals surface area contributed by atoms with Gasteiger partial charge < -0.3 is 5.11 Å². The van der Waals surface area contributed by atoms with Crippen LogP contribution in [-0.4, -0.2) is 28.0 Å². The number of anilines is 1. The molecule has 1 aromatic heterocycles. The number of aliphatic carboxylic acids is 1. The van der Waals surface area contributed by atoms with Gasteiger partial charge in [-0.15, -0.1) is 0 Å². The minimum atomic E-state index is -1.04. The van der Waals surface area contributed by atoms with Crippen LogP contribution in [0.15, 0.2) is 42.7 Å². The van der Waals surface area contributed by atoms with Crippen LogP contribution < -0.4 is 4.90 Å². The Labute approximate surface area is 125 Å². The number of aromatic nitrogens is 1. The molecule has 5 nitrogen and oxygen atoms in total. The Kier molecular flexibility index (Phi) is 3.35. The number of hydrogen-bond acceptors (Lipinski definition) is 3. The highest BCUT2D eigenvalue weighted by atomic mass is 35.5. The van der Waals surface area contributed by atoms with Crippen LogP contribution in [0.3, 0.4) is 0 Å². The Bertz CT molecular complexity index is 732. The van der Waals surface area contributed by atoms with E-state index in [0.29, 0.717) is 12.1 Å². The van der Waals surface area contributed by atoms with E-state index in [0.717, 1.165) is 5.56 Å². The minimum Gasteiger partial charge on any atom is -0.480 e. The third-order valence-corrected chi connectivity index (χ3v) is 3.78. The summed E-state index contributed by atoms with van der Waals surface area (Å²) in [5, 5.41) is 9.59. The molecule has 1 aliphatic rings. The first-order valence-electron chi connectivity index (χ1n) is 6.33. The Morgan fingerprint density at radius 1 is 1.29 bits per heavy atom. The van der Waals surface area contributed by atoms with Crippen LogP contribution in [0.5, 0.6) is 0 Å². The third-order valence-electron chi connectivity index (χ3n) is 3.48. The van der Waals surface area contributed by atoms with Crippen LogP contribution in [0.4, 0.5) is 5.69 Å². The molecule has 1 atom stereocenters. The number of carboxylic acid groups (broad SMARTS) is 1. The molecule has 1 unspecified atom stereocenters. The monoisotopic (exact) mass is 302 g/mol. The van der Waals surface area contributed by atoms with Crippen LogP contribution in [0.1, 0.15) is 15.9 Å². The summed E-state index contributed by atoms with van der Waals surface area (Å²) in [5.41, 5.74) is 1.70. The number of benzene rings is 1. The second-order valence-corrected chi connectivity index (χ2v) is 5.12. The molecule has 0 radical (unpaired) electrons. The van der Waals surface area contributed by atoms with E-state index < -0.39 is 17.9 Å². The van der Waals surface area contributed by atoms with Gasteiger partial charge in [0.1, 0.15) is 6.04 Å². The fourth-order valence-electron chi connectivity index (χ4n) is 2.51. The van der Waals surface area contributed by atoms with Gasteiger partial charge in [-0.2, -0.15) is 0 Å². The zero-order valence-corrected chi connectivity index (χ0v) is 11.6. The number of amides is 1. The summed E-state index contributed by atoms with van der Waals surface area (Å²) in [6.07, 6.45) is 3.11. The fourth-order valence-corrected chi connectivity index (χ4v) is 2.71. The lowest BCUT2D eigenvalue weighted by atomic mass is 10.1. The van der Waals surface area contributed by atoms with Crippen molar-refractivity contribution in [3.63, 3.8) is 0 Å². The number of nitrogens with zero attached hydrogens (tertiary/aromatic N) is 2. The molecule has 0 saturated heterocycles. The molecule has 1 aliphatic heterocycles. The average Bonchev–Trinajstić information content (AvgIpc) is 2.86. The number of halogens is 1. The van der Waals surface area contributed by atoms with Gasteiger partial charge in [-0.3, -0.25) is 14.7 Å². The maximum absolute atomic E-state index is 12.7. The van der Waals surface area contributed by atoms with Gasteiger partial charge in [-0.05, 0) is 17.7 Å². The van der Waals surface area contributed by atoms with Crippen molar-refractivity contribution in [2.75, 3.05) is 4.90 Å². The SMILES string of the molecule is O=C(O)C1Cc2ccccc2N1C(=O)c1ccncc1Cl. The van der Waals surface area contributed by atoms with Gasteiger partial charge >= 0.3 is 5.97 Å². The largest absolute Gasteiger partial charge is 0.480 e. The quantitative estimate of drug-likeness (QED) is 0.924. The number of fused-ring (bicyclic) bond motifs is 1. The van der Waals surface area contributed by atoms with E-state index in [9.17, 15) is 14.7 Å². The summed E-state index contributed by atoms with van der Waals surface area (Å²) in [6, 6.07) is 7.74. The van der Waals surface area contributed by atoms with E-state index >= 15 is 0 Å². The van der Waals surface area contributed by atoms with E-state index in [1.54, 1.807) is 12.1 Å². The topological polar surface area (TPSA) is 70.5 Å². The van der Waals surface area contributed by atoms with E-state index in [2.05, 4.69) is 4.98 Å². The Morgan fingerprint density at radius 3 is 2.76 bits per heavy atom. The van der Waals surface area contributed by atoms with Crippen LogP contribution in [0, 0.1) is 0 Å². The molecule has 1 aromatic carbocycles. The summed E-state index contributed by atoms with van der Waals surface area (Å²) >= 11 is 5.99. The normalized spacial score (nSPS) is 16.6. The van der Waals surface area contributed by atoms with E-state index in [1.807, 2.05) is 12.1 Å². The van der Waals surface area contributed by atoms with Gasteiger partial charge in [0.25, 0.3) is 5.91 Å². The number of hydrogen-bond donors (Lipinski definition) is 1. The summed E-state index contributed by atoms with van der Waals surface area (Å²) in [6.45, 7) is 0. The maximum atomic E-state index is 12.7. The summed E-state index contributed by atoms with van der Waals surface area (Å²) in [7, 11) is 0. The molecular weight excluding hydrogens is 292 g/mol. The van der Waals surface area contributed by atoms with Crippen molar-refractivity contribution in [2.45, 2.75) is 12.5 Å². The predicted molar refractivity (Wildman–Crippen MR) is 77.6 cm³/mol. The minimum absolute atomic E-state index is 0.205. The number of pyridine rings is 1. The van der Waals surface area contributed by atoms with Crippen molar-refractivity contribution < 1.29 is 14.7 Å². The zero-order chi connectivity index (χ0) is 15.0. The van der Waals surface area contributed by atoms with Gasteiger partial charge in [0.05, 0.1) is 10.6 Å². The summed E-state index contributed by atoms with van der Waals surface area (Å²) in [4.78, 5) is 29.3. The van der Waals surface area contributed by atoms with Crippen LogP contribution in [0.2, 0.25) is 5.02 Å². The molecule has 3 rings (SSSR count). The lowest BCUT2D eigenvalue weighted by Crippen LogP contribution is -2.43. The smallest absolute Gasteiger partial charge is 0.327 e. The summed E-state index contributed by atoms with van der Waals surface area (Å²) < 4.78 is 0. The van der Waals surface area contributed by atoms with Crippen molar-refractivity contribution in [1.82, 2.24) is 4.98 Å². The second-order valence-electron chi connectivity index (χ2n) is 4.72. The van der Waals surface area contributed by atoms with E-state index in [-0.39, 0.29) is 10.6 Å². The van der Waals surface area contributed by atoms with Crippen LogP contribution in [0.25, 0.3) is 0 Å². The first-order chi connectivity index (χ1) is 10.1. The lowest BCUT2D eigenvalue weighted by molar-refractivity contribution is -0.138. The number of carbonyl (C=O) groups excluding carboxylic acids is 1. The Hall–Kier alpha value is -2.40. The molecule has 0 aliphatic carbocycles. The maximum Gasteiger partial charge on any atom is 0.327 e. The number of carbonyl (C=O) groups is 2. The van der Waals surface area contributed by atoms with Gasteiger partial charge in [0, 0.05) is 24.5 Å². The second kappa shape index (κ2) is 5.18. The Balaban J connectivity index is 2.08. The Morgan fingerprint density at radius 2 is 2.05 bits per heavy atom. The first kappa shape index (κ1) is 13.6. The number of carboxylic acids is 1. The number of rotatable bonds is 2. The highest BCUT2D eigenvalue weighted by Crippen LogP contribution is 2.34. The van der Waals surface area contributed by atoms with Crippen molar-refractivity contribution in [1.29, 1.82) is 0 Å². The molecule has 1 amide bonds. The lowest BCUT2D eigenvalue weighted by Gasteiger charge is -2.23. The molecular formula is C15H11ClN2O3. The van der Waals surface area contributed by atoms with Crippen molar-refractivity contribution in [2.24, 2.45) is 0 Å². The van der Waals surface area contributed by atoms with Gasteiger partial charge in [-0.25, -0.2) is 4.79 Å².